The van der Waals surface area contributed by atoms with Crippen molar-refractivity contribution in [3.8, 4) is 17.7 Å². The first-order valence-electron chi connectivity index (χ1n) is 4.55. The molecule has 0 spiro atoms. The molecule has 1 aromatic heterocycles. The van der Waals surface area contributed by atoms with Crippen LogP contribution in [0.25, 0.3) is 0 Å². The maximum absolute atomic E-state index is 13.4. The van der Waals surface area contributed by atoms with E-state index < -0.39 is 5.82 Å². The quantitative estimate of drug-likeness (QED) is 0.854. The van der Waals surface area contributed by atoms with Gasteiger partial charge in [0.1, 0.15) is 11.6 Å². The summed E-state index contributed by atoms with van der Waals surface area (Å²) in [5.41, 5.74) is 0.194. The van der Waals surface area contributed by atoms with Gasteiger partial charge in [-0.25, -0.2) is 4.39 Å². The third-order valence-electron chi connectivity index (χ3n) is 1.91. The van der Waals surface area contributed by atoms with Gasteiger partial charge in [-0.1, -0.05) is 15.9 Å². The average molecular weight is 294 g/mol. The molecule has 0 aliphatic carbocycles. The Labute approximate surface area is 105 Å². The molecule has 4 nitrogen and oxygen atoms in total. The van der Waals surface area contributed by atoms with E-state index in [2.05, 4.69) is 26.1 Å². The largest absolute Gasteiger partial charge is 0.433 e. The second-order valence-corrected chi connectivity index (χ2v) is 3.95. The number of halogens is 2. The molecule has 0 fully saturated rings. The minimum absolute atomic E-state index is 0.0172. The highest BCUT2D eigenvalue weighted by Gasteiger charge is 2.10. The molecule has 6 heteroatoms. The minimum atomic E-state index is -0.539. The van der Waals surface area contributed by atoms with Crippen LogP contribution in [0.15, 0.2) is 34.9 Å². The Balaban J connectivity index is 2.38. The van der Waals surface area contributed by atoms with E-state index in [1.54, 1.807) is 6.07 Å². The van der Waals surface area contributed by atoms with Gasteiger partial charge in [-0.15, -0.1) is 5.10 Å². The molecule has 0 bridgehead atoms. The summed E-state index contributed by atoms with van der Waals surface area (Å²) >= 11 is 3.20. The fourth-order valence-corrected chi connectivity index (χ4v) is 1.48. The van der Waals surface area contributed by atoms with Crippen LogP contribution in [-0.2, 0) is 0 Å². The highest BCUT2D eigenvalue weighted by atomic mass is 79.9. The van der Waals surface area contributed by atoms with Gasteiger partial charge in [-0.3, -0.25) is 0 Å². The molecule has 0 aliphatic heterocycles. The zero-order chi connectivity index (χ0) is 12.3. The molecule has 2 aromatic rings. The number of rotatable bonds is 2. The molecule has 0 aliphatic rings. The van der Waals surface area contributed by atoms with E-state index in [1.165, 1.54) is 24.4 Å². The number of aromatic nitrogens is 2. The van der Waals surface area contributed by atoms with Crippen molar-refractivity contribution in [2.24, 2.45) is 0 Å². The lowest BCUT2D eigenvalue weighted by molar-refractivity contribution is 0.420. The summed E-state index contributed by atoms with van der Waals surface area (Å²) in [7, 11) is 0. The number of nitrogens with zero attached hydrogens (tertiary/aromatic N) is 3. The Kier molecular flexibility index (Phi) is 3.30. The molecule has 1 aromatic carbocycles. The summed E-state index contributed by atoms with van der Waals surface area (Å²) in [5, 5.41) is 16.0. The van der Waals surface area contributed by atoms with Crippen molar-refractivity contribution in [1.82, 2.24) is 10.2 Å². The van der Waals surface area contributed by atoms with Crippen molar-refractivity contribution in [2.75, 3.05) is 0 Å². The van der Waals surface area contributed by atoms with E-state index >= 15 is 0 Å². The molecule has 0 amide bonds. The van der Waals surface area contributed by atoms with Crippen molar-refractivity contribution in [2.45, 2.75) is 0 Å². The van der Waals surface area contributed by atoms with E-state index in [1.807, 2.05) is 6.07 Å². The first-order valence-corrected chi connectivity index (χ1v) is 5.34. The number of nitriles is 1. The van der Waals surface area contributed by atoms with E-state index in [4.69, 9.17) is 10.00 Å². The smallest absolute Gasteiger partial charge is 0.257 e. The monoisotopic (exact) mass is 293 g/mol. The zero-order valence-electron chi connectivity index (χ0n) is 8.39. The second kappa shape index (κ2) is 4.89. The van der Waals surface area contributed by atoms with Crippen molar-refractivity contribution in [3.05, 3.63) is 46.3 Å². The number of hydrogen-bond donors (Lipinski definition) is 0. The van der Waals surface area contributed by atoms with Crippen LogP contribution >= 0.6 is 15.9 Å². The highest BCUT2D eigenvalue weighted by Crippen LogP contribution is 2.27. The van der Waals surface area contributed by atoms with Gasteiger partial charge in [0, 0.05) is 4.47 Å². The molecule has 84 valence electrons. The van der Waals surface area contributed by atoms with Crippen LogP contribution in [0, 0.1) is 17.1 Å². The molecule has 0 N–H and O–H groups in total. The van der Waals surface area contributed by atoms with E-state index in [-0.39, 0.29) is 17.2 Å². The molecule has 0 atom stereocenters. The summed E-state index contributed by atoms with van der Waals surface area (Å²) in [6.07, 6.45) is 1.36. The van der Waals surface area contributed by atoms with E-state index in [9.17, 15) is 4.39 Å². The topological polar surface area (TPSA) is 58.8 Å². The number of hydrogen-bond acceptors (Lipinski definition) is 4. The third kappa shape index (κ3) is 2.57. The summed E-state index contributed by atoms with van der Waals surface area (Å²) in [5.74, 6) is -0.578. The average Bonchev–Trinajstić information content (AvgIpc) is 2.34. The van der Waals surface area contributed by atoms with Crippen molar-refractivity contribution in [1.29, 1.82) is 5.26 Å². The summed E-state index contributed by atoms with van der Waals surface area (Å²) in [4.78, 5) is 0. The van der Waals surface area contributed by atoms with Crippen LogP contribution in [-0.4, -0.2) is 10.2 Å². The number of benzene rings is 1. The van der Waals surface area contributed by atoms with Gasteiger partial charge in [-0.2, -0.15) is 10.4 Å². The molecule has 1 heterocycles. The molecule has 17 heavy (non-hydrogen) atoms. The fraction of sp³-hybridized carbons (Fsp3) is 0. The summed E-state index contributed by atoms with van der Waals surface area (Å²) in [6, 6.07) is 7.58. The fourth-order valence-electron chi connectivity index (χ4n) is 1.14. The first kappa shape index (κ1) is 11.5. The van der Waals surface area contributed by atoms with Crippen molar-refractivity contribution < 1.29 is 9.13 Å². The highest BCUT2D eigenvalue weighted by molar-refractivity contribution is 9.10. The third-order valence-corrected chi connectivity index (χ3v) is 2.40. The van der Waals surface area contributed by atoms with Crippen LogP contribution in [0.4, 0.5) is 4.39 Å². The molecular weight excluding hydrogens is 289 g/mol. The standard InChI is InChI=1S/C11H5BrFN3O/c12-8-1-2-9(13)10(5-8)17-11-7(6-14)3-4-15-16-11/h1-5H. The lowest BCUT2D eigenvalue weighted by Gasteiger charge is -2.06. The Morgan fingerprint density at radius 3 is 2.94 bits per heavy atom. The summed E-state index contributed by atoms with van der Waals surface area (Å²) < 4.78 is 19.3. The van der Waals surface area contributed by atoms with Gasteiger partial charge < -0.3 is 4.74 Å². The number of ether oxygens (including phenoxy) is 1. The minimum Gasteiger partial charge on any atom is -0.433 e. The van der Waals surface area contributed by atoms with Gasteiger partial charge in [0.2, 0.25) is 0 Å². The maximum Gasteiger partial charge on any atom is 0.257 e. The normalized spacial score (nSPS) is 9.71. The Hall–Kier alpha value is -2.00. The van der Waals surface area contributed by atoms with Crippen LogP contribution < -0.4 is 4.74 Å². The van der Waals surface area contributed by atoms with Crippen LogP contribution in [0.3, 0.4) is 0 Å². The van der Waals surface area contributed by atoms with Crippen molar-refractivity contribution >= 4 is 15.9 Å². The SMILES string of the molecule is N#Cc1ccnnc1Oc1cc(Br)ccc1F. The van der Waals surface area contributed by atoms with Gasteiger partial charge in [-0.05, 0) is 24.3 Å². The molecule has 0 radical (unpaired) electrons. The molecule has 0 saturated carbocycles. The maximum atomic E-state index is 13.4. The Bertz CT molecular complexity index is 598. The first-order chi connectivity index (χ1) is 8.20. The van der Waals surface area contributed by atoms with Gasteiger partial charge in [0.15, 0.2) is 11.6 Å². The van der Waals surface area contributed by atoms with Gasteiger partial charge in [0.25, 0.3) is 5.88 Å². The van der Waals surface area contributed by atoms with E-state index in [0.29, 0.717) is 4.47 Å². The van der Waals surface area contributed by atoms with Gasteiger partial charge >= 0.3 is 0 Å². The Morgan fingerprint density at radius 2 is 2.18 bits per heavy atom. The zero-order valence-corrected chi connectivity index (χ0v) is 9.98. The van der Waals surface area contributed by atoms with Gasteiger partial charge in [0.05, 0.1) is 6.20 Å². The Morgan fingerprint density at radius 1 is 1.35 bits per heavy atom. The predicted molar refractivity (Wildman–Crippen MR) is 60.9 cm³/mol. The van der Waals surface area contributed by atoms with Crippen LogP contribution in [0.1, 0.15) is 5.56 Å². The second-order valence-electron chi connectivity index (χ2n) is 3.04. The molecule has 2 rings (SSSR count). The molecular formula is C11H5BrFN3O. The lowest BCUT2D eigenvalue weighted by Crippen LogP contribution is -1.95. The van der Waals surface area contributed by atoms with Crippen LogP contribution in [0.5, 0.6) is 11.6 Å². The van der Waals surface area contributed by atoms with Crippen molar-refractivity contribution in [3.63, 3.8) is 0 Å². The molecule has 0 saturated heterocycles. The molecule has 0 unspecified atom stereocenters. The lowest BCUT2D eigenvalue weighted by atomic mass is 10.3. The summed E-state index contributed by atoms with van der Waals surface area (Å²) in [6.45, 7) is 0. The van der Waals surface area contributed by atoms with E-state index in [0.717, 1.165) is 0 Å². The predicted octanol–water partition coefficient (Wildman–Crippen LogP) is 3.04. The van der Waals surface area contributed by atoms with Crippen LogP contribution in [0.2, 0.25) is 0 Å².